The van der Waals surface area contributed by atoms with Crippen molar-refractivity contribution in [3.05, 3.63) is 94.3 Å². The summed E-state index contributed by atoms with van der Waals surface area (Å²) in [4.78, 5) is 15.6. The van der Waals surface area contributed by atoms with Crippen molar-refractivity contribution in [2.45, 2.75) is 38.6 Å². The Morgan fingerprint density at radius 2 is 1.55 bits per heavy atom. The maximum atomic E-state index is 13.7. The molecule has 1 unspecified atom stereocenters. The fourth-order valence-electron chi connectivity index (χ4n) is 4.45. The molecule has 33 heavy (non-hydrogen) atoms. The maximum absolute atomic E-state index is 13.7. The number of methoxy groups -OCH3 is 2. The Morgan fingerprint density at radius 1 is 0.939 bits per heavy atom. The molecule has 0 bridgehead atoms. The van der Waals surface area contributed by atoms with Gasteiger partial charge in [0.05, 0.1) is 20.3 Å². The van der Waals surface area contributed by atoms with Crippen LogP contribution in [-0.4, -0.2) is 31.6 Å². The van der Waals surface area contributed by atoms with Crippen molar-refractivity contribution in [3.8, 4) is 11.5 Å². The molecule has 0 radical (unpaired) electrons. The van der Waals surface area contributed by atoms with Gasteiger partial charge in [0, 0.05) is 12.1 Å². The number of carbonyl (C=O) groups is 1. The predicted octanol–water partition coefficient (Wildman–Crippen LogP) is 5.93. The molecule has 1 atom stereocenters. The summed E-state index contributed by atoms with van der Waals surface area (Å²) in [5, 5.41) is 0. The summed E-state index contributed by atoms with van der Waals surface area (Å²) in [5.74, 6) is 0.904. The molecule has 1 heterocycles. The molecule has 0 aliphatic carbocycles. The number of hydrogen-bond acceptors (Lipinski definition) is 3. The van der Waals surface area contributed by atoms with Crippen LogP contribution in [0.2, 0.25) is 0 Å². The van der Waals surface area contributed by atoms with Gasteiger partial charge in [0.2, 0.25) is 0 Å². The van der Waals surface area contributed by atoms with Crippen molar-refractivity contribution in [3.63, 3.8) is 0 Å². The van der Waals surface area contributed by atoms with Crippen LogP contribution in [0.25, 0.3) is 0 Å². The van der Waals surface area contributed by atoms with E-state index in [1.165, 1.54) is 17.7 Å². The Labute approximate surface area is 195 Å². The van der Waals surface area contributed by atoms with E-state index in [1.807, 2.05) is 41.3 Å². The number of benzene rings is 3. The first-order valence-corrected chi connectivity index (χ1v) is 11.1. The first-order valence-electron chi connectivity index (χ1n) is 11.1. The quantitative estimate of drug-likeness (QED) is 0.498. The van der Waals surface area contributed by atoms with E-state index < -0.39 is 0 Å². The molecule has 0 aromatic heterocycles. The second-order valence-corrected chi connectivity index (χ2v) is 9.44. The van der Waals surface area contributed by atoms with Gasteiger partial charge in [0.15, 0.2) is 11.5 Å². The van der Waals surface area contributed by atoms with Crippen LogP contribution >= 0.6 is 0 Å². The van der Waals surface area contributed by atoms with Crippen LogP contribution in [0.1, 0.15) is 59.4 Å². The Morgan fingerprint density at radius 3 is 2.12 bits per heavy atom. The first-order chi connectivity index (χ1) is 15.7. The second kappa shape index (κ2) is 8.89. The molecule has 3 aromatic carbocycles. The zero-order chi connectivity index (χ0) is 23.8. The third kappa shape index (κ3) is 4.45. The molecule has 0 saturated carbocycles. The van der Waals surface area contributed by atoms with Crippen molar-refractivity contribution in [2.75, 3.05) is 20.8 Å². The lowest BCUT2D eigenvalue weighted by Gasteiger charge is -2.38. The molecule has 3 aromatic rings. The highest BCUT2D eigenvalue weighted by Gasteiger charge is 2.34. The molecule has 1 amide bonds. The lowest BCUT2D eigenvalue weighted by molar-refractivity contribution is 0.0694. The van der Waals surface area contributed by atoms with E-state index in [0.29, 0.717) is 30.0 Å². The molecular weight excluding hydrogens is 417 g/mol. The van der Waals surface area contributed by atoms with Gasteiger partial charge in [-0.15, -0.1) is 0 Å². The Balaban J connectivity index is 1.79. The molecule has 4 nitrogen and oxygen atoms in total. The summed E-state index contributed by atoms with van der Waals surface area (Å²) in [6, 6.07) is 17.7. The van der Waals surface area contributed by atoms with E-state index in [0.717, 1.165) is 16.7 Å². The molecule has 1 aliphatic rings. The van der Waals surface area contributed by atoms with E-state index in [4.69, 9.17) is 9.47 Å². The zero-order valence-electron chi connectivity index (χ0n) is 19.8. The number of halogens is 1. The van der Waals surface area contributed by atoms with Gasteiger partial charge in [-0.25, -0.2) is 4.39 Å². The van der Waals surface area contributed by atoms with Crippen molar-refractivity contribution >= 4 is 5.91 Å². The fraction of sp³-hybridized carbons (Fsp3) is 0.321. The monoisotopic (exact) mass is 447 g/mol. The number of nitrogens with zero attached hydrogens (tertiary/aromatic N) is 1. The van der Waals surface area contributed by atoms with Crippen LogP contribution in [0.5, 0.6) is 11.5 Å². The molecule has 0 saturated heterocycles. The van der Waals surface area contributed by atoms with Crippen LogP contribution < -0.4 is 9.47 Å². The smallest absolute Gasteiger partial charge is 0.254 e. The average Bonchev–Trinajstić information content (AvgIpc) is 2.82. The number of ether oxygens (including phenoxy) is 2. The van der Waals surface area contributed by atoms with E-state index in [9.17, 15) is 9.18 Å². The van der Waals surface area contributed by atoms with Gasteiger partial charge >= 0.3 is 0 Å². The lowest BCUT2D eigenvalue weighted by atomic mass is 9.85. The Kier molecular flexibility index (Phi) is 6.15. The molecule has 0 N–H and O–H groups in total. The topological polar surface area (TPSA) is 38.8 Å². The Bertz CT molecular complexity index is 1150. The molecular formula is C28H30FNO3. The molecule has 0 fully saturated rings. The van der Waals surface area contributed by atoms with Crippen molar-refractivity contribution in [1.29, 1.82) is 0 Å². The summed E-state index contributed by atoms with van der Waals surface area (Å²) >= 11 is 0. The second-order valence-electron chi connectivity index (χ2n) is 9.44. The molecule has 4 rings (SSSR count). The van der Waals surface area contributed by atoms with Crippen LogP contribution in [0, 0.1) is 5.82 Å². The number of rotatable bonds is 4. The number of carbonyl (C=O) groups excluding carboxylic acids is 1. The Hall–Kier alpha value is -3.34. The number of hydrogen-bond donors (Lipinski definition) is 0. The SMILES string of the molecule is COc1cc2c(cc1OC)C(c1ccc(F)cc1)N(C(=O)c1ccc(C(C)(C)C)cc1)CC2. The summed E-state index contributed by atoms with van der Waals surface area (Å²) in [6.07, 6.45) is 0.694. The van der Waals surface area contributed by atoms with Gasteiger partial charge in [-0.3, -0.25) is 4.79 Å². The van der Waals surface area contributed by atoms with Crippen LogP contribution in [-0.2, 0) is 11.8 Å². The summed E-state index contributed by atoms with van der Waals surface area (Å²) in [5.41, 5.74) is 4.73. The fourth-order valence-corrected chi connectivity index (χ4v) is 4.45. The highest BCUT2D eigenvalue weighted by Crippen LogP contribution is 2.41. The maximum Gasteiger partial charge on any atom is 0.254 e. The van der Waals surface area contributed by atoms with Crippen LogP contribution in [0.3, 0.4) is 0 Å². The normalized spacial score (nSPS) is 15.7. The highest BCUT2D eigenvalue weighted by molar-refractivity contribution is 5.95. The predicted molar refractivity (Wildman–Crippen MR) is 128 cm³/mol. The van der Waals surface area contributed by atoms with Crippen LogP contribution in [0.4, 0.5) is 4.39 Å². The largest absolute Gasteiger partial charge is 0.493 e. The highest BCUT2D eigenvalue weighted by atomic mass is 19.1. The minimum atomic E-state index is -0.357. The van der Waals surface area contributed by atoms with E-state index in [2.05, 4.69) is 20.8 Å². The van der Waals surface area contributed by atoms with Gasteiger partial charge in [-0.1, -0.05) is 45.0 Å². The van der Waals surface area contributed by atoms with Crippen molar-refractivity contribution in [1.82, 2.24) is 4.90 Å². The summed E-state index contributed by atoms with van der Waals surface area (Å²) in [6.45, 7) is 7.00. The minimum Gasteiger partial charge on any atom is -0.493 e. The average molecular weight is 448 g/mol. The standard InChI is InChI=1S/C28H30FNO3/c1-28(2,3)21-10-6-19(7-11-21)27(31)30-15-14-20-16-24(32-4)25(33-5)17-23(20)26(30)18-8-12-22(29)13-9-18/h6-13,16-17,26H,14-15H2,1-5H3. The minimum absolute atomic E-state index is 0.0118. The number of fused-ring (bicyclic) bond motifs is 1. The molecule has 5 heteroatoms. The van der Waals surface area contributed by atoms with Crippen molar-refractivity contribution < 1.29 is 18.7 Å². The summed E-state index contributed by atoms with van der Waals surface area (Å²) in [7, 11) is 3.21. The van der Waals surface area contributed by atoms with E-state index in [-0.39, 0.29) is 23.2 Å². The van der Waals surface area contributed by atoms with Gasteiger partial charge in [-0.2, -0.15) is 0 Å². The lowest BCUT2D eigenvalue weighted by Crippen LogP contribution is -2.40. The van der Waals surface area contributed by atoms with Gasteiger partial charge in [0.1, 0.15) is 5.82 Å². The van der Waals surface area contributed by atoms with Crippen LogP contribution in [0.15, 0.2) is 60.7 Å². The third-order valence-corrected chi connectivity index (χ3v) is 6.32. The summed E-state index contributed by atoms with van der Waals surface area (Å²) < 4.78 is 24.7. The molecule has 172 valence electrons. The van der Waals surface area contributed by atoms with Gasteiger partial charge in [-0.05, 0) is 70.5 Å². The van der Waals surface area contributed by atoms with Gasteiger partial charge in [0.25, 0.3) is 5.91 Å². The molecule has 1 aliphatic heterocycles. The van der Waals surface area contributed by atoms with E-state index >= 15 is 0 Å². The van der Waals surface area contributed by atoms with Crippen molar-refractivity contribution in [2.24, 2.45) is 0 Å². The van der Waals surface area contributed by atoms with E-state index in [1.54, 1.807) is 26.4 Å². The van der Waals surface area contributed by atoms with Gasteiger partial charge < -0.3 is 14.4 Å². The molecule has 0 spiro atoms. The first kappa shape index (κ1) is 22.8. The third-order valence-electron chi connectivity index (χ3n) is 6.32. The number of amides is 1. The zero-order valence-corrected chi connectivity index (χ0v) is 19.8.